The van der Waals surface area contributed by atoms with E-state index in [1.54, 1.807) is 0 Å². The molecule has 2 heteroatoms. The highest BCUT2D eigenvalue weighted by Gasteiger charge is 2.11. The van der Waals surface area contributed by atoms with Gasteiger partial charge in [-0.15, -0.1) is 0 Å². The van der Waals surface area contributed by atoms with Gasteiger partial charge in [0.1, 0.15) is 0 Å². The normalized spacial score (nSPS) is 17.4. The fraction of sp³-hybridized carbons (Fsp3) is 0.500. The molecule has 2 N–H and O–H groups in total. The Bertz CT molecular complexity index is 437. The van der Waals surface area contributed by atoms with Crippen LogP contribution >= 0.6 is 11.6 Å². The Labute approximate surface area is 115 Å². The van der Waals surface area contributed by atoms with Crippen LogP contribution in [0.2, 0.25) is 5.02 Å². The van der Waals surface area contributed by atoms with E-state index in [1.165, 1.54) is 42.4 Å². The molecular weight excluding hydrogens is 242 g/mol. The lowest BCUT2D eigenvalue weighted by molar-refractivity contribution is 0.606. The first kappa shape index (κ1) is 13.6. The summed E-state index contributed by atoms with van der Waals surface area (Å²) in [6.07, 6.45) is 9.38. The Hall–Kier alpha value is -0.790. The highest BCUT2D eigenvalue weighted by atomic mass is 35.5. The van der Waals surface area contributed by atoms with Gasteiger partial charge in [0.2, 0.25) is 0 Å². The van der Waals surface area contributed by atoms with Crippen LogP contribution in [0.4, 0.5) is 0 Å². The molecule has 0 bridgehead atoms. The standard InChI is InChI=1S/C16H22ClN/c1-12-7-8-14(16(17)9-12)11-15(18)10-13-5-3-2-4-6-13/h5,7-9,15H,2-4,6,10-11,18H2,1H3. The summed E-state index contributed by atoms with van der Waals surface area (Å²) < 4.78 is 0. The minimum absolute atomic E-state index is 0.189. The second kappa shape index (κ2) is 6.40. The molecule has 0 heterocycles. The number of nitrogens with two attached hydrogens (primary N) is 1. The van der Waals surface area contributed by atoms with Crippen molar-refractivity contribution in [1.29, 1.82) is 0 Å². The van der Waals surface area contributed by atoms with Crippen LogP contribution in [0.3, 0.4) is 0 Å². The summed E-state index contributed by atoms with van der Waals surface area (Å²) in [6, 6.07) is 6.42. The Morgan fingerprint density at radius 3 is 2.78 bits per heavy atom. The van der Waals surface area contributed by atoms with E-state index in [4.69, 9.17) is 17.3 Å². The van der Waals surface area contributed by atoms with Crippen LogP contribution in [0, 0.1) is 6.92 Å². The van der Waals surface area contributed by atoms with Crippen molar-refractivity contribution < 1.29 is 0 Å². The number of allylic oxidation sites excluding steroid dienone is 1. The molecule has 0 saturated carbocycles. The highest BCUT2D eigenvalue weighted by Crippen LogP contribution is 2.24. The second-order valence-electron chi connectivity index (χ2n) is 5.37. The third-order valence-electron chi connectivity index (χ3n) is 3.60. The zero-order valence-corrected chi connectivity index (χ0v) is 11.8. The quantitative estimate of drug-likeness (QED) is 0.800. The van der Waals surface area contributed by atoms with E-state index in [1.807, 2.05) is 6.07 Å². The molecule has 0 aliphatic heterocycles. The largest absolute Gasteiger partial charge is 0.327 e. The number of aryl methyl sites for hydroxylation is 1. The summed E-state index contributed by atoms with van der Waals surface area (Å²) >= 11 is 6.25. The van der Waals surface area contributed by atoms with Crippen molar-refractivity contribution in [3.05, 3.63) is 46.0 Å². The van der Waals surface area contributed by atoms with Crippen molar-refractivity contribution in [3.63, 3.8) is 0 Å². The van der Waals surface area contributed by atoms with E-state index in [0.717, 1.165) is 17.9 Å². The maximum atomic E-state index is 6.25. The van der Waals surface area contributed by atoms with Crippen LogP contribution in [0.25, 0.3) is 0 Å². The molecule has 1 aliphatic carbocycles. The van der Waals surface area contributed by atoms with Crippen molar-refractivity contribution in [2.75, 3.05) is 0 Å². The van der Waals surface area contributed by atoms with Gasteiger partial charge in [0.15, 0.2) is 0 Å². The molecule has 98 valence electrons. The molecule has 1 aromatic rings. The molecule has 1 atom stereocenters. The molecule has 2 rings (SSSR count). The molecule has 1 nitrogen and oxygen atoms in total. The van der Waals surface area contributed by atoms with Crippen molar-refractivity contribution in [1.82, 2.24) is 0 Å². The predicted octanol–water partition coefficient (Wildman–Crippen LogP) is 4.41. The summed E-state index contributed by atoms with van der Waals surface area (Å²) in [5.41, 5.74) is 10.2. The van der Waals surface area contributed by atoms with Crippen molar-refractivity contribution in [2.45, 2.75) is 51.5 Å². The molecule has 18 heavy (non-hydrogen) atoms. The smallest absolute Gasteiger partial charge is 0.0441 e. The van der Waals surface area contributed by atoms with Gasteiger partial charge in [0, 0.05) is 11.1 Å². The number of halogens is 1. The van der Waals surface area contributed by atoms with E-state index in [0.29, 0.717) is 0 Å². The molecule has 1 aromatic carbocycles. The lowest BCUT2D eigenvalue weighted by Crippen LogP contribution is -2.24. The third-order valence-corrected chi connectivity index (χ3v) is 3.95. The second-order valence-corrected chi connectivity index (χ2v) is 5.78. The van der Waals surface area contributed by atoms with E-state index in [9.17, 15) is 0 Å². The number of hydrogen-bond donors (Lipinski definition) is 1. The van der Waals surface area contributed by atoms with Crippen LogP contribution in [-0.2, 0) is 6.42 Å². The fourth-order valence-corrected chi connectivity index (χ4v) is 2.91. The Morgan fingerprint density at radius 2 is 2.11 bits per heavy atom. The maximum absolute atomic E-state index is 6.25. The van der Waals surface area contributed by atoms with E-state index >= 15 is 0 Å². The Balaban J connectivity index is 1.94. The Morgan fingerprint density at radius 1 is 1.28 bits per heavy atom. The monoisotopic (exact) mass is 263 g/mol. The van der Waals surface area contributed by atoms with Crippen molar-refractivity contribution in [2.24, 2.45) is 5.73 Å². The molecule has 0 fully saturated rings. The number of benzene rings is 1. The molecule has 1 unspecified atom stereocenters. The minimum Gasteiger partial charge on any atom is -0.327 e. The van der Waals surface area contributed by atoms with Crippen LogP contribution in [0.15, 0.2) is 29.8 Å². The SMILES string of the molecule is Cc1ccc(CC(N)CC2=CCCCC2)c(Cl)c1. The van der Waals surface area contributed by atoms with E-state index in [-0.39, 0.29) is 6.04 Å². The minimum atomic E-state index is 0.189. The molecule has 0 spiro atoms. The fourth-order valence-electron chi connectivity index (χ4n) is 2.60. The van der Waals surface area contributed by atoms with Gasteiger partial charge in [-0.25, -0.2) is 0 Å². The van der Waals surface area contributed by atoms with Gasteiger partial charge in [-0.1, -0.05) is 35.4 Å². The van der Waals surface area contributed by atoms with Gasteiger partial charge < -0.3 is 5.73 Å². The van der Waals surface area contributed by atoms with Gasteiger partial charge in [-0.3, -0.25) is 0 Å². The molecular formula is C16H22ClN. The van der Waals surface area contributed by atoms with Gasteiger partial charge in [-0.05, 0) is 62.6 Å². The lowest BCUT2D eigenvalue weighted by atomic mass is 9.92. The average molecular weight is 264 g/mol. The molecule has 1 aliphatic rings. The van der Waals surface area contributed by atoms with Crippen molar-refractivity contribution in [3.8, 4) is 0 Å². The van der Waals surface area contributed by atoms with E-state index in [2.05, 4.69) is 25.1 Å². The van der Waals surface area contributed by atoms with Crippen LogP contribution < -0.4 is 5.73 Å². The van der Waals surface area contributed by atoms with Gasteiger partial charge in [-0.2, -0.15) is 0 Å². The molecule has 0 aromatic heterocycles. The van der Waals surface area contributed by atoms with Crippen LogP contribution in [0.1, 0.15) is 43.2 Å². The number of rotatable bonds is 4. The molecule has 0 amide bonds. The number of hydrogen-bond acceptors (Lipinski definition) is 1. The lowest BCUT2D eigenvalue weighted by Gasteiger charge is -2.18. The topological polar surface area (TPSA) is 26.0 Å². The predicted molar refractivity (Wildman–Crippen MR) is 79.0 cm³/mol. The average Bonchev–Trinajstić information content (AvgIpc) is 2.34. The highest BCUT2D eigenvalue weighted by molar-refractivity contribution is 6.31. The van der Waals surface area contributed by atoms with E-state index < -0.39 is 0 Å². The first-order valence-electron chi connectivity index (χ1n) is 6.83. The van der Waals surface area contributed by atoms with Crippen LogP contribution in [-0.4, -0.2) is 6.04 Å². The molecule has 0 radical (unpaired) electrons. The van der Waals surface area contributed by atoms with Gasteiger partial charge >= 0.3 is 0 Å². The zero-order valence-electron chi connectivity index (χ0n) is 11.1. The summed E-state index contributed by atoms with van der Waals surface area (Å²) in [5, 5.41) is 0.850. The molecule has 0 saturated heterocycles. The van der Waals surface area contributed by atoms with Gasteiger partial charge in [0.05, 0.1) is 0 Å². The van der Waals surface area contributed by atoms with Crippen molar-refractivity contribution >= 4 is 11.6 Å². The first-order valence-corrected chi connectivity index (χ1v) is 7.21. The Kier molecular flexibility index (Phi) is 4.85. The third kappa shape index (κ3) is 3.86. The summed E-state index contributed by atoms with van der Waals surface area (Å²) in [6.45, 7) is 2.06. The van der Waals surface area contributed by atoms with Crippen LogP contribution in [0.5, 0.6) is 0 Å². The zero-order chi connectivity index (χ0) is 13.0. The summed E-state index contributed by atoms with van der Waals surface area (Å²) in [4.78, 5) is 0. The summed E-state index contributed by atoms with van der Waals surface area (Å²) in [5.74, 6) is 0. The summed E-state index contributed by atoms with van der Waals surface area (Å²) in [7, 11) is 0. The maximum Gasteiger partial charge on any atom is 0.0441 e. The first-order chi connectivity index (χ1) is 8.65. The van der Waals surface area contributed by atoms with Gasteiger partial charge in [0.25, 0.3) is 0 Å².